The smallest absolute Gasteiger partial charge is 0.222 e. The summed E-state index contributed by atoms with van der Waals surface area (Å²) in [5.74, 6) is 1.35. The first-order chi connectivity index (χ1) is 10.6. The third-order valence-corrected chi connectivity index (χ3v) is 4.80. The zero-order valence-electron chi connectivity index (χ0n) is 13.9. The summed E-state index contributed by atoms with van der Waals surface area (Å²) in [6.07, 6.45) is 5.12. The molecule has 0 radical (unpaired) electrons. The number of aromatic nitrogens is 1. The number of rotatable bonds is 3. The lowest BCUT2D eigenvalue weighted by molar-refractivity contribution is -0.133. The second-order valence-corrected chi connectivity index (χ2v) is 6.97. The number of hydrogen-bond acceptors (Lipinski definition) is 1. The highest BCUT2D eigenvalue weighted by Crippen LogP contribution is 2.34. The third-order valence-electron chi connectivity index (χ3n) is 4.80. The molecule has 1 aromatic heterocycles. The molecule has 1 aromatic carbocycles. The monoisotopic (exact) mass is 298 g/mol. The number of nitrogens with zero attached hydrogens (tertiary/aromatic N) is 2. The highest BCUT2D eigenvalue weighted by molar-refractivity contribution is 5.84. The van der Waals surface area contributed by atoms with E-state index < -0.39 is 0 Å². The van der Waals surface area contributed by atoms with E-state index in [-0.39, 0.29) is 0 Å². The molecule has 1 aliphatic heterocycles. The average Bonchev–Trinajstić information content (AvgIpc) is 2.84. The average molecular weight is 298 g/mol. The summed E-state index contributed by atoms with van der Waals surface area (Å²) in [5.41, 5.74) is 2.75. The number of carbonyl (C=O) groups excluding carboxylic acids is 1. The summed E-state index contributed by atoms with van der Waals surface area (Å²) in [4.78, 5) is 14.2. The number of likely N-dealkylation sites (tertiary alicyclic amines) is 1. The van der Waals surface area contributed by atoms with Crippen LogP contribution in [-0.2, 0) is 11.8 Å². The third kappa shape index (κ3) is 2.90. The van der Waals surface area contributed by atoms with E-state index in [2.05, 4.69) is 60.8 Å². The summed E-state index contributed by atoms with van der Waals surface area (Å²) in [7, 11) is 2.12. The van der Waals surface area contributed by atoms with Gasteiger partial charge in [0.25, 0.3) is 0 Å². The van der Waals surface area contributed by atoms with E-state index in [0.29, 0.717) is 24.2 Å². The highest BCUT2D eigenvalue weighted by atomic mass is 16.2. The molecule has 2 aromatic rings. The highest BCUT2D eigenvalue weighted by Gasteiger charge is 2.25. The van der Waals surface area contributed by atoms with Crippen LogP contribution in [-0.4, -0.2) is 28.5 Å². The fourth-order valence-electron chi connectivity index (χ4n) is 3.62. The first-order valence-electron chi connectivity index (χ1n) is 8.38. The minimum Gasteiger partial charge on any atom is -0.350 e. The van der Waals surface area contributed by atoms with E-state index in [1.807, 2.05) is 0 Å². The Kier molecular flexibility index (Phi) is 4.23. The molecule has 3 nitrogen and oxygen atoms in total. The predicted octanol–water partition coefficient (Wildman–Crippen LogP) is 3.93. The van der Waals surface area contributed by atoms with Gasteiger partial charge in [-0.25, -0.2) is 0 Å². The zero-order valence-corrected chi connectivity index (χ0v) is 13.9. The Bertz CT molecular complexity index is 663. The lowest BCUT2D eigenvalue weighted by Crippen LogP contribution is -2.38. The standard InChI is InChI=1S/C19H26N2O/c1-14(2)12-19(22)21-10-8-15(9-11-21)17-13-20(3)18-7-5-4-6-16(17)18/h4-7,13-15H,8-12H2,1-3H3. The molecular formula is C19H26N2O. The van der Waals surface area contributed by atoms with Gasteiger partial charge in [-0.05, 0) is 36.3 Å². The molecule has 1 saturated heterocycles. The molecule has 0 bridgehead atoms. The van der Waals surface area contributed by atoms with Crippen molar-refractivity contribution in [3.8, 4) is 0 Å². The van der Waals surface area contributed by atoms with Crippen LogP contribution in [0.5, 0.6) is 0 Å². The van der Waals surface area contributed by atoms with E-state index in [4.69, 9.17) is 0 Å². The molecule has 22 heavy (non-hydrogen) atoms. The Morgan fingerprint density at radius 2 is 1.91 bits per heavy atom. The van der Waals surface area contributed by atoms with Crippen molar-refractivity contribution >= 4 is 16.8 Å². The number of carbonyl (C=O) groups is 1. The summed E-state index contributed by atoms with van der Waals surface area (Å²) >= 11 is 0. The van der Waals surface area contributed by atoms with Crippen LogP contribution < -0.4 is 0 Å². The molecule has 3 heteroatoms. The number of benzene rings is 1. The molecule has 2 heterocycles. The van der Waals surface area contributed by atoms with Crippen molar-refractivity contribution in [2.45, 2.75) is 39.0 Å². The van der Waals surface area contributed by atoms with Crippen LogP contribution in [0.3, 0.4) is 0 Å². The van der Waals surface area contributed by atoms with Crippen molar-refractivity contribution in [1.29, 1.82) is 0 Å². The Hall–Kier alpha value is -1.77. The summed E-state index contributed by atoms with van der Waals surface area (Å²) in [5, 5.41) is 1.37. The quantitative estimate of drug-likeness (QED) is 0.843. The molecule has 0 saturated carbocycles. The van der Waals surface area contributed by atoms with Crippen LogP contribution in [0.25, 0.3) is 10.9 Å². The maximum absolute atomic E-state index is 12.2. The van der Waals surface area contributed by atoms with Gasteiger partial charge in [-0.3, -0.25) is 4.79 Å². The van der Waals surface area contributed by atoms with Crippen molar-refractivity contribution in [2.75, 3.05) is 13.1 Å². The molecule has 0 spiro atoms. The van der Waals surface area contributed by atoms with Crippen molar-refractivity contribution in [3.05, 3.63) is 36.0 Å². The minimum atomic E-state index is 0.325. The molecule has 0 N–H and O–H groups in total. The van der Waals surface area contributed by atoms with Gasteiger partial charge >= 0.3 is 0 Å². The fraction of sp³-hybridized carbons (Fsp3) is 0.526. The lowest BCUT2D eigenvalue weighted by Gasteiger charge is -2.32. The Balaban J connectivity index is 1.72. The van der Waals surface area contributed by atoms with Crippen LogP contribution in [0.1, 0.15) is 44.6 Å². The van der Waals surface area contributed by atoms with E-state index in [1.165, 1.54) is 16.5 Å². The maximum Gasteiger partial charge on any atom is 0.222 e. The van der Waals surface area contributed by atoms with Gasteiger partial charge in [-0.2, -0.15) is 0 Å². The van der Waals surface area contributed by atoms with Crippen LogP contribution in [0.2, 0.25) is 0 Å². The number of piperidine rings is 1. The van der Waals surface area contributed by atoms with Crippen LogP contribution in [0.15, 0.2) is 30.5 Å². The fourth-order valence-corrected chi connectivity index (χ4v) is 3.62. The van der Waals surface area contributed by atoms with Crippen LogP contribution in [0, 0.1) is 5.92 Å². The molecule has 0 atom stereocenters. The van der Waals surface area contributed by atoms with Crippen molar-refractivity contribution in [1.82, 2.24) is 9.47 Å². The number of amides is 1. The van der Waals surface area contributed by atoms with Gasteiger partial charge in [0.15, 0.2) is 0 Å². The van der Waals surface area contributed by atoms with Crippen molar-refractivity contribution < 1.29 is 4.79 Å². The molecule has 118 valence electrons. The van der Waals surface area contributed by atoms with Gasteiger partial charge in [-0.1, -0.05) is 32.0 Å². The van der Waals surface area contributed by atoms with E-state index in [9.17, 15) is 4.79 Å². The molecular weight excluding hydrogens is 272 g/mol. The maximum atomic E-state index is 12.2. The molecule has 3 rings (SSSR count). The first-order valence-corrected chi connectivity index (χ1v) is 8.38. The van der Waals surface area contributed by atoms with Crippen LogP contribution >= 0.6 is 0 Å². The molecule has 0 unspecified atom stereocenters. The molecule has 1 fully saturated rings. The SMILES string of the molecule is CC(C)CC(=O)N1CCC(c2cn(C)c3ccccc23)CC1. The van der Waals surface area contributed by atoms with Crippen LogP contribution in [0.4, 0.5) is 0 Å². The Labute approximate surface area is 132 Å². The molecule has 0 aliphatic carbocycles. The van der Waals surface area contributed by atoms with Gasteiger partial charge in [0.05, 0.1) is 0 Å². The first kappa shape index (κ1) is 15.1. The summed E-state index contributed by atoms with van der Waals surface area (Å²) < 4.78 is 2.22. The largest absolute Gasteiger partial charge is 0.350 e. The molecule has 1 aliphatic rings. The number of fused-ring (bicyclic) bond motifs is 1. The number of hydrogen-bond donors (Lipinski definition) is 0. The van der Waals surface area contributed by atoms with Crippen molar-refractivity contribution in [2.24, 2.45) is 13.0 Å². The van der Waals surface area contributed by atoms with Gasteiger partial charge in [-0.15, -0.1) is 0 Å². The predicted molar refractivity (Wildman–Crippen MR) is 90.9 cm³/mol. The van der Waals surface area contributed by atoms with Gasteiger partial charge in [0.1, 0.15) is 0 Å². The Morgan fingerprint density at radius 3 is 2.59 bits per heavy atom. The second kappa shape index (κ2) is 6.15. The van der Waals surface area contributed by atoms with Gasteiger partial charge in [0.2, 0.25) is 5.91 Å². The normalized spacial score (nSPS) is 16.6. The van der Waals surface area contributed by atoms with E-state index in [0.717, 1.165) is 25.9 Å². The lowest BCUT2D eigenvalue weighted by atomic mass is 9.89. The van der Waals surface area contributed by atoms with E-state index >= 15 is 0 Å². The minimum absolute atomic E-state index is 0.325. The van der Waals surface area contributed by atoms with Gasteiger partial charge in [0, 0.05) is 43.7 Å². The van der Waals surface area contributed by atoms with Crippen molar-refractivity contribution in [3.63, 3.8) is 0 Å². The molecule has 1 amide bonds. The number of para-hydroxylation sites is 1. The topological polar surface area (TPSA) is 25.2 Å². The van der Waals surface area contributed by atoms with E-state index in [1.54, 1.807) is 0 Å². The second-order valence-electron chi connectivity index (χ2n) is 6.97. The summed E-state index contributed by atoms with van der Waals surface area (Å²) in [6, 6.07) is 8.62. The summed E-state index contributed by atoms with van der Waals surface area (Å²) in [6.45, 7) is 6.03. The number of aryl methyl sites for hydroxylation is 1. The Morgan fingerprint density at radius 1 is 1.23 bits per heavy atom. The van der Waals surface area contributed by atoms with Gasteiger partial charge < -0.3 is 9.47 Å². The zero-order chi connectivity index (χ0) is 15.7.